The Kier molecular flexibility index (Phi) is 4.52. The molecule has 5 heteroatoms. The smallest absolute Gasteiger partial charge is 0.231 e. The quantitative estimate of drug-likeness (QED) is 0.882. The molecule has 5 nitrogen and oxygen atoms in total. The fraction of sp³-hybridized carbons (Fsp3) is 0.588. The van der Waals surface area contributed by atoms with Crippen molar-refractivity contribution in [1.29, 1.82) is 0 Å². The van der Waals surface area contributed by atoms with Crippen molar-refractivity contribution in [1.82, 2.24) is 0 Å². The number of piperidine rings is 1. The zero-order valence-corrected chi connectivity index (χ0v) is 13.4. The number of nitrogens with one attached hydrogen (secondary N) is 2. The highest BCUT2D eigenvalue weighted by atomic mass is 16.7. The molecular weight excluding hydrogens is 280 g/mol. The van der Waals surface area contributed by atoms with Gasteiger partial charge in [0.1, 0.15) is 0 Å². The molecule has 2 aliphatic heterocycles. The molecule has 1 fully saturated rings. The number of hydrogen-bond acceptors (Lipinski definition) is 3. The van der Waals surface area contributed by atoms with E-state index in [4.69, 9.17) is 9.47 Å². The zero-order chi connectivity index (χ0) is 15.5. The predicted molar refractivity (Wildman–Crippen MR) is 84.3 cm³/mol. The van der Waals surface area contributed by atoms with Gasteiger partial charge in [0.05, 0.1) is 26.1 Å². The van der Waals surface area contributed by atoms with E-state index in [9.17, 15) is 4.79 Å². The molecule has 1 amide bonds. The van der Waals surface area contributed by atoms with E-state index in [-0.39, 0.29) is 12.7 Å². The molecule has 1 aromatic rings. The van der Waals surface area contributed by atoms with Gasteiger partial charge in [-0.1, -0.05) is 13.8 Å². The summed E-state index contributed by atoms with van der Waals surface area (Å²) in [5, 5.41) is 2.95. The molecule has 3 rings (SSSR count). The molecule has 2 unspecified atom stereocenters. The molecule has 120 valence electrons. The maximum Gasteiger partial charge on any atom is 0.231 e. The van der Waals surface area contributed by atoms with Gasteiger partial charge in [0.15, 0.2) is 11.5 Å². The second-order valence-electron chi connectivity index (χ2n) is 6.72. The Bertz CT molecular complexity index is 537. The third-order valence-electron chi connectivity index (χ3n) is 4.44. The van der Waals surface area contributed by atoms with Crippen LogP contribution >= 0.6 is 0 Å². The maximum absolute atomic E-state index is 12.1. The summed E-state index contributed by atoms with van der Waals surface area (Å²) in [6.07, 6.45) is 1.87. The molecule has 0 bridgehead atoms. The van der Waals surface area contributed by atoms with Crippen molar-refractivity contribution in [2.75, 3.05) is 31.7 Å². The number of rotatable bonds is 4. The lowest BCUT2D eigenvalue weighted by Gasteiger charge is -2.31. The normalized spacial score (nSPS) is 26.7. The Morgan fingerprint density at radius 2 is 1.95 bits per heavy atom. The monoisotopic (exact) mass is 305 g/mol. The van der Waals surface area contributed by atoms with E-state index in [1.807, 2.05) is 18.2 Å². The molecule has 0 radical (unpaired) electrons. The Hall–Kier alpha value is -1.75. The van der Waals surface area contributed by atoms with Gasteiger partial charge in [-0.3, -0.25) is 4.79 Å². The van der Waals surface area contributed by atoms with Gasteiger partial charge in [-0.15, -0.1) is 0 Å². The van der Waals surface area contributed by atoms with E-state index in [0.29, 0.717) is 12.2 Å². The fourth-order valence-corrected chi connectivity index (χ4v) is 3.61. The highest BCUT2D eigenvalue weighted by molar-refractivity contribution is 5.91. The van der Waals surface area contributed by atoms with Crippen LogP contribution in [0.5, 0.6) is 11.5 Å². The van der Waals surface area contributed by atoms with Crippen LogP contribution in [0.4, 0.5) is 5.69 Å². The number of benzene rings is 1. The first-order chi connectivity index (χ1) is 10.6. The standard InChI is InChI=1S/C17H24N2O3/c1-12-7-13(2)10-19(9-12)6-5-17(20)18-14-3-4-15-16(8-14)22-11-21-15/h3-4,8,12-13H,5-7,9-11H2,1-2H3,(H,18,20)/p+1. The van der Waals surface area contributed by atoms with Crippen molar-refractivity contribution in [2.24, 2.45) is 11.8 Å². The second-order valence-corrected chi connectivity index (χ2v) is 6.72. The highest BCUT2D eigenvalue weighted by Gasteiger charge is 2.25. The molecule has 2 aliphatic rings. The number of anilines is 1. The van der Waals surface area contributed by atoms with E-state index in [2.05, 4.69) is 19.2 Å². The molecule has 2 N–H and O–H groups in total. The molecule has 0 saturated carbocycles. The van der Waals surface area contributed by atoms with Crippen LogP contribution in [-0.4, -0.2) is 32.3 Å². The lowest BCUT2D eigenvalue weighted by atomic mass is 9.92. The number of fused-ring (bicyclic) bond motifs is 1. The molecule has 2 heterocycles. The molecule has 0 spiro atoms. The molecule has 0 aliphatic carbocycles. The second kappa shape index (κ2) is 6.57. The third kappa shape index (κ3) is 3.71. The summed E-state index contributed by atoms with van der Waals surface area (Å²) in [5.41, 5.74) is 0.768. The van der Waals surface area contributed by atoms with Crippen molar-refractivity contribution < 1.29 is 19.2 Å². The summed E-state index contributed by atoms with van der Waals surface area (Å²) in [7, 11) is 0. The zero-order valence-electron chi connectivity index (χ0n) is 13.4. The number of likely N-dealkylation sites (tertiary alicyclic amines) is 1. The van der Waals surface area contributed by atoms with Crippen LogP contribution in [0.25, 0.3) is 0 Å². The first-order valence-electron chi connectivity index (χ1n) is 8.13. The average Bonchev–Trinajstić information content (AvgIpc) is 2.92. The molecule has 1 aromatic carbocycles. The average molecular weight is 305 g/mol. The van der Waals surface area contributed by atoms with Gasteiger partial charge in [0.25, 0.3) is 0 Å². The van der Waals surface area contributed by atoms with E-state index in [1.165, 1.54) is 19.5 Å². The summed E-state index contributed by atoms with van der Waals surface area (Å²) in [6, 6.07) is 5.50. The van der Waals surface area contributed by atoms with E-state index < -0.39 is 0 Å². The van der Waals surface area contributed by atoms with Crippen LogP contribution in [0.1, 0.15) is 26.7 Å². The molecular formula is C17H25N2O3+. The largest absolute Gasteiger partial charge is 0.454 e. The van der Waals surface area contributed by atoms with Crippen LogP contribution in [0, 0.1) is 11.8 Å². The van der Waals surface area contributed by atoms with Gasteiger partial charge in [0, 0.05) is 23.6 Å². The van der Waals surface area contributed by atoms with Crippen LogP contribution < -0.4 is 19.7 Å². The summed E-state index contributed by atoms with van der Waals surface area (Å²) in [4.78, 5) is 13.7. The van der Waals surface area contributed by atoms with Gasteiger partial charge in [-0.25, -0.2) is 0 Å². The minimum absolute atomic E-state index is 0.0669. The molecule has 22 heavy (non-hydrogen) atoms. The summed E-state index contributed by atoms with van der Waals surface area (Å²) < 4.78 is 10.6. The first kappa shape index (κ1) is 15.2. The SMILES string of the molecule is CC1CC(C)C[NH+](CCC(=O)Nc2ccc3c(c2)OCO3)C1. The Morgan fingerprint density at radius 1 is 1.23 bits per heavy atom. The highest BCUT2D eigenvalue weighted by Crippen LogP contribution is 2.34. The van der Waals surface area contributed by atoms with Gasteiger partial charge in [0.2, 0.25) is 12.7 Å². The van der Waals surface area contributed by atoms with Gasteiger partial charge in [-0.05, 0) is 18.6 Å². The third-order valence-corrected chi connectivity index (χ3v) is 4.44. The summed E-state index contributed by atoms with van der Waals surface area (Å²) >= 11 is 0. The van der Waals surface area contributed by atoms with E-state index >= 15 is 0 Å². The van der Waals surface area contributed by atoms with Crippen molar-refractivity contribution >= 4 is 11.6 Å². The fourth-order valence-electron chi connectivity index (χ4n) is 3.61. The summed E-state index contributed by atoms with van der Waals surface area (Å²) in [5.74, 6) is 3.02. The first-order valence-corrected chi connectivity index (χ1v) is 8.13. The van der Waals surface area contributed by atoms with Crippen LogP contribution in [0.3, 0.4) is 0 Å². The Morgan fingerprint density at radius 3 is 2.73 bits per heavy atom. The molecule has 2 atom stereocenters. The van der Waals surface area contributed by atoms with Crippen molar-refractivity contribution in [3.63, 3.8) is 0 Å². The number of quaternary nitrogens is 1. The van der Waals surface area contributed by atoms with Gasteiger partial charge in [-0.2, -0.15) is 0 Å². The predicted octanol–water partition coefficient (Wildman–Crippen LogP) is 1.30. The minimum Gasteiger partial charge on any atom is -0.454 e. The Labute approximate surface area is 131 Å². The molecule has 1 saturated heterocycles. The lowest BCUT2D eigenvalue weighted by molar-refractivity contribution is -0.911. The van der Waals surface area contributed by atoms with Crippen LogP contribution in [0.15, 0.2) is 18.2 Å². The summed E-state index contributed by atoms with van der Waals surface area (Å²) in [6.45, 7) is 8.14. The van der Waals surface area contributed by atoms with Gasteiger partial charge >= 0.3 is 0 Å². The number of hydrogen-bond donors (Lipinski definition) is 2. The number of ether oxygens (including phenoxy) is 2. The number of carbonyl (C=O) groups excluding carboxylic acids is 1. The van der Waals surface area contributed by atoms with E-state index in [0.717, 1.165) is 29.8 Å². The van der Waals surface area contributed by atoms with Crippen molar-refractivity contribution in [3.8, 4) is 11.5 Å². The topological polar surface area (TPSA) is 52.0 Å². The maximum atomic E-state index is 12.1. The van der Waals surface area contributed by atoms with Crippen LogP contribution in [0.2, 0.25) is 0 Å². The lowest BCUT2D eigenvalue weighted by Crippen LogP contribution is -3.14. The minimum atomic E-state index is 0.0669. The van der Waals surface area contributed by atoms with Crippen molar-refractivity contribution in [3.05, 3.63) is 18.2 Å². The number of amides is 1. The number of carbonyl (C=O) groups is 1. The molecule has 0 aromatic heterocycles. The van der Waals surface area contributed by atoms with Gasteiger partial charge < -0.3 is 19.7 Å². The Balaban J connectivity index is 1.48. The van der Waals surface area contributed by atoms with Crippen molar-refractivity contribution in [2.45, 2.75) is 26.7 Å². The van der Waals surface area contributed by atoms with Crippen LogP contribution in [-0.2, 0) is 4.79 Å². The van der Waals surface area contributed by atoms with E-state index in [1.54, 1.807) is 4.90 Å².